The molecular weight excluding hydrogens is 278 g/mol. The normalized spacial score (nSPS) is 11.9. The summed E-state index contributed by atoms with van der Waals surface area (Å²) >= 11 is 0. The van der Waals surface area contributed by atoms with E-state index < -0.39 is 17.3 Å². The van der Waals surface area contributed by atoms with Crippen LogP contribution in [0.25, 0.3) is 0 Å². The molecule has 0 bridgehead atoms. The molecule has 0 spiro atoms. The quantitative estimate of drug-likeness (QED) is 0.440. The second-order valence-corrected chi connectivity index (χ2v) is 5.92. The van der Waals surface area contributed by atoms with Crippen LogP contribution in [0, 0.1) is 0 Å². The molecule has 0 radical (unpaired) electrons. The number of rotatable bonds is 11. The van der Waals surface area contributed by atoms with Gasteiger partial charge in [-0.15, -0.1) is 0 Å². The van der Waals surface area contributed by atoms with Crippen LogP contribution in [0.5, 0.6) is 0 Å². The van der Waals surface area contributed by atoms with Crippen molar-refractivity contribution in [2.24, 2.45) is 0 Å². The van der Waals surface area contributed by atoms with E-state index in [-0.39, 0.29) is 13.2 Å². The molecule has 0 rings (SSSR count). The summed E-state index contributed by atoms with van der Waals surface area (Å²) in [6, 6.07) is 0. The summed E-state index contributed by atoms with van der Waals surface area (Å²) in [5.74, 6) is 0. The number of alkyl carbamates (subject to hydrolysis) is 1. The van der Waals surface area contributed by atoms with Crippen LogP contribution in [0.3, 0.4) is 0 Å². The van der Waals surface area contributed by atoms with Gasteiger partial charge in [-0.3, -0.25) is 4.79 Å². The minimum Gasteiger partial charge on any atom is -0.465 e. The zero-order chi connectivity index (χ0) is 16.4. The molecule has 0 aromatic rings. The number of carbonyl (C=O) groups is 2. The van der Waals surface area contributed by atoms with Crippen LogP contribution in [0.4, 0.5) is 4.79 Å². The summed E-state index contributed by atoms with van der Waals surface area (Å²) in [7, 11) is 0. The number of ether oxygens (including phenoxy) is 3. The fourth-order valence-electron chi connectivity index (χ4n) is 1.46. The number of aliphatic hydroxyl groups excluding tert-OH is 1. The first-order chi connectivity index (χ1) is 9.72. The molecule has 0 aromatic carbocycles. The summed E-state index contributed by atoms with van der Waals surface area (Å²) in [5, 5.41) is 11.2. The standard InChI is InChI=1S/C14H27NO6/c1-13(2,21-12(18)15-7-5-8-16)6-9-20-14(3,4)10-19-11-17/h11,16H,5-10H2,1-4H3,(H,15,18). The van der Waals surface area contributed by atoms with Gasteiger partial charge in [0.15, 0.2) is 0 Å². The smallest absolute Gasteiger partial charge is 0.407 e. The van der Waals surface area contributed by atoms with Crippen molar-refractivity contribution in [3.63, 3.8) is 0 Å². The number of amides is 1. The van der Waals surface area contributed by atoms with Crippen LogP contribution < -0.4 is 5.32 Å². The molecule has 0 fully saturated rings. The Balaban J connectivity index is 4.00. The molecule has 0 unspecified atom stereocenters. The Bertz CT molecular complexity index is 317. The molecule has 21 heavy (non-hydrogen) atoms. The maximum atomic E-state index is 11.5. The van der Waals surface area contributed by atoms with Gasteiger partial charge in [-0.2, -0.15) is 0 Å². The monoisotopic (exact) mass is 305 g/mol. The van der Waals surface area contributed by atoms with Gasteiger partial charge in [-0.25, -0.2) is 4.79 Å². The van der Waals surface area contributed by atoms with Gasteiger partial charge in [0.2, 0.25) is 0 Å². The van der Waals surface area contributed by atoms with E-state index in [4.69, 9.17) is 14.6 Å². The fourth-order valence-corrected chi connectivity index (χ4v) is 1.46. The van der Waals surface area contributed by atoms with E-state index in [9.17, 15) is 9.59 Å². The minimum atomic E-state index is -0.676. The van der Waals surface area contributed by atoms with Gasteiger partial charge in [-0.1, -0.05) is 0 Å². The lowest BCUT2D eigenvalue weighted by Gasteiger charge is -2.28. The zero-order valence-electron chi connectivity index (χ0n) is 13.3. The molecule has 0 aliphatic heterocycles. The van der Waals surface area contributed by atoms with Crippen LogP contribution in [-0.2, 0) is 19.0 Å². The molecule has 7 nitrogen and oxygen atoms in total. The highest BCUT2D eigenvalue weighted by Crippen LogP contribution is 2.17. The third-order valence-electron chi connectivity index (χ3n) is 2.67. The Morgan fingerprint density at radius 3 is 2.48 bits per heavy atom. The first kappa shape index (κ1) is 19.7. The van der Waals surface area contributed by atoms with Crippen molar-refractivity contribution >= 4 is 12.6 Å². The highest BCUT2D eigenvalue weighted by Gasteiger charge is 2.25. The summed E-state index contributed by atoms with van der Waals surface area (Å²) in [4.78, 5) is 21.7. The van der Waals surface area contributed by atoms with Crippen molar-refractivity contribution in [1.82, 2.24) is 5.32 Å². The molecule has 0 saturated carbocycles. The maximum absolute atomic E-state index is 11.5. The largest absolute Gasteiger partial charge is 0.465 e. The van der Waals surface area contributed by atoms with Crippen LogP contribution >= 0.6 is 0 Å². The Hall–Kier alpha value is -1.34. The van der Waals surface area contributed by atoms with Crippen LogP contribution in [0.1, 0.15) is 40.5 Å². The molecule has 0 aromatic heterocycles. The maximum Gasteiger partial charge on any atom is 0.407 e. The second-order valence-electron chi connectivity index (χ2n) is 5.92. The van der Waals surface area contributed by atoms with E-state index in [2.05, 4.69) is 10.1 Å². The van der Waals surface area contributed by atoms with Gasteiger partial charge in [0, 0.05) is 19.6 Å². The number of aliphatic hydroxyl groups is 1. The molecule has 1 amide bonds. The van der Waals surface area contributed by atoms with Crippen molar-refractivity contribution in [2.75, 3.05) is 26.4 Å². The third-order valence-corrected chi connectivity index (χ3v) is 2.67. The van der Waals surface area contributed by atoms with Crippen LogP contribution in [-0.4, -0.2) is 55.2 Å². The van der Waals surface area contributed by atoms with Gasteiger partial charge >= 0.3 is 6.09 Å². The fraction of sp³-hybridized carbons (Fsp3) is 0.857. The first-order valence-electron chi connectivity index (χ1n) is 6.99. The van der Waals surface area contributed by atoms with E-state index in [1.807, 2.05) is 13.8 Å². The van der Waals surface area contributed by atoms with E-state index in [1.165, 1.54) is 0 Å². The highest BCUT2D eigenvalue weighted by atomic mass is 16.6. The van der Waals surface area contributed by atoms with E-state index >= 15 is 0 Å². The molecule has 0 aliphatic carbocycles. The van der Waals surface area contributed by atoms with Gasteiger partial charge in [0.25, 0.3) is 6.47 Å². The van der Waals surface area contributed by atoms with E-state index in [1.54, 1.807) is 13.8 Å². The molecule has 0 atom stereocenters. The zero-order valence-corrected chi connectivity index (χ0v) is 13.3. The lowest BCUT2D eigenvalue weighted by atomic mass is 10.1. The van der Waals surface area contributed by atoms with Gasteiger partial charge in [0.1, 0.15) is 12.2 Å². The summed E-state index contributed by atoms with van der Waals surface area (Å²) in [6.07, 6.45) is 0.478. The third kappa shape index (κ3) is 11.0. The summed E-state index contributed by atoms with van der Waals surface area (Å²) in [5.41, 5.74) is -1.26. The second kappa shape index (κ2) is 9.57. The first-order valence-corrected chi connectivity index (χ1v) is 6.99. The molecular formula is C14H27NO6. The Labute approximate surface area is 125 Å². The molecule has 2 N–H and O–H groups in total. The van der Waals surface area contributed by atoms with Crippen LogP contribution in [0.15, 0.2) is 0 Å². The van der Waals surface area contributed by atoms with Gasteiger partial charge in [-0.05, 0) is 34.1 Å². The minimum absolute atomic E-state index is 0.0233. The summed E-state index contributed by atoms with van der Waals surface area (Å²) < 4.78 is 15.6. The number of hydrogen-bond acceptors (Lipinski definition) is 6. The SMILES string of the molecule is CC(C)(COC=O)OCCC(C)(C)OC(=O)NCCCO. The molecule has 7 heteroatoms. The average molecular weight is 305 g/mol. The van der Waals surface area contributed by atoms with Gasteiger partial charge < -0.3 is 24.6 Å². The molecule has 0 aliphatic rings. The van der Waals surface area contributed by atoms with Crippen molar-refractivity contribution in [3.8, 4) is 0 Å². The van der Waals surface area contributed by atoms with E-state index in [0.717, 1.165) is 0 Å². The van der Waals surface area contributed by atoms with Crippen molar-refractivity contribution < 1.29 is 28.9 Å². The lowest BCUT2D eigenvalue weighted by Crippen LogP contribution is -2.38. The highest BCUT2D eigenvalue weighted by molar-refractivity contribution is 5.67. The topological polar surface area (TPSA) is 94.1 Å². The van der Waals surface area contributed by atoms with Crippen molar-refractivity contribution in [1.29, 1.82) is 0 Å². The van der Waals surface area contributed by atoms with Crippen molar-refractivity contribution in [2.45, 2.75) is 51.7 Å². The predicted octanol–water partition coefficient (Wildman–Crippen LogP) is 1.23. The number of carbonyl (C=O) groups excluding carboxylic acids is 2. The average Bonchev–Trinajstić information content (AvgIpc) is 2.35. The Morgan fingerprint density at radius 2 is 1.90 bits per heavy atom. The van der Waals surface area contributed by atoms with Crippen molar-refractivity contribution in [3.05, 3.63) is 0 Å². The molecule has 124 valence electrons. The molecule has 0 saturated heterocycles. The Kier molecular flexibility index (Phi) is 8.96. The number of nitrogens with one attached hydrogen (secondary N) is 1. The number of hydrogen-bond donors (Lipinski definition) is 2. The Morgan fingerprint density at radius 1 is 1.24 bits per heavy atom. The van der Waals surface area contributed by atoms with Gasteiger partial charge in [0.05, 0.1) is 12.2 Å². The predicted molar refractivity (Wildman–Crippen MR) is 76.9 cm³/mol. The van der Waals surface area contributed by atoms with Crippen LogP contribution in [0.2, 0.25) is 0 Å². The lowest BCUT2D eigenvalue weighted by molar-refractivity contribution is -0.139. The van der Waals surface area contributed by atoms with E-state index in [0.29, 0.717) is 32.5 Å². The summed E-state index contributed by atoms with van der Waals surface area (Å²) in [6.45, 7) is 8.51. The molecule has 0 heterocycles.